The zero-order valence-corrected chi connectivity index (χ0v) is 26.9. The monoisotopic (exact) mass is 655 g/mol. The molecular formula is C32H36F3N7O3S. The minimum Gasteiger partial charge on any atom is -0.497 e. The van der Waals surface area contributed by atoms with Crippen LogP contribution in [0.15, 0.2) is 78.0 Å². The van der Waals surface area contributed by atoms with E-state index >= 15 is 0 Å². The van der Waals surface area contributed by atoms with Crippen LogP contribution < -0.4 is 20.1 Å². The predicted molar refractivity (Wildman–Crippen MR) is 174 cm³/mol. The Morgan fingerprint density at radius 2 is 1.76 bits per heavy atom. The van der Waals surface area contributed by atoms with Gasteiger partial charge >= 0.3 is 12.4 Å². The van der Waals surface area contributed by atoms with E-state index in [1.807, 2.05) is 60.7 Å². The highest BCUT2D eigenvalue weighted by molar-refractivity contribution is 8.11. The molecule has 0 atom stereocenters. The number of amides is 2. The van der Waals surface area contributed by atoms with Gasteiger partial charge in [0.15, 0.2) is 11.0 Å². The van der Waals surface area contributed by atoms with Crippen molar-refractivity contribution in [1.29, 1.82) is 0 Å². The molecule has 1 heterocycles. The Hall–Kier alpha value is -4.56. The molecule has 0 radical (unpaired) electrons. The summed E-state index contributed by atoms with van der Waals surface area (Å²) in [6, 6.07) is 18.3. The fraction of sp³-hybridized carbons (Fsp3) is 0.312. The summed E-state index contributed by atoms with van der Waals surface area (Å²) in [6.07, 6.45) is -2.68. The first-order valence-electron chi connectivity index (χ1n) is 14.5. The van der Waals surface area contributed by atoms with Gasteiger partial charge in [-0.25, -0.2) is 23.8 Å². The van der Waals surface area contributed by atoms with Gasteiger partial charge in [-0.05, 0) is 84.9 Å². The third-order valence-electron chi connectivity index (χ3n) is 6.72. The number of amidine groups is 1. The van der Waals surface area contributed by atoms with Crippen molar-refractivity contribution in [2.24, 2.45) is 4.99 Å². The molecule has 244 valence electrons. The summed E-state index contributed by atoms with van der Waals surface area (Å²) < 4.78 is 50.0. The number of nitrogens with zero attached hydrogens (tertiary/aromatic N) is 5. The zero-order valence-electron chi connectivity index (χ0n) is 26.1. The number of hydrogen-bond acceptors (Lipinski definition) is 8. The first-order chi connectivity index (χ1) is 21.9. The Morgan fingerprint density at radius 1 is 1.07 bits per heavy atom. The molecule has 0 fully saturated rings. The quantitative estimate of drug-likeness (QED) is 0.101. The smallest absolute Gasteiger partial charge is 0.497 e. The Balaban J connectivity index is 1.34. The second-order valence-corrected chi connectivity index (χ2v) is 11.6. The third-order valence-corrected chi connectivity index (χ3v) is 7.66. The van der Waals surface area contributed by atoms with E-state index in [1.54, 1.807) is 7.11 Å². The number of urea groups is 1. The van der Waals surface area contributed by atoms with Crippen LogP contribution in [-0.2, 0) is 6.42 Å². The van der Waals surface area contributed by atoms with Gasteiger partial charge in [0.25, 0.3) is 0 Å². The van der Waals surface area contributed by atoms with Crippen molar-refractivity contribution < 1.29 is 27.4 Å². The number of ether oxygens (including phenoxy) is 2. The van der Waals surface area contributed by atoms with Gasteiger partial charge in [-0.15, -0.1) is 18.3 Å². The van der Waals surface area contributed by atoms with Crippen LogP contribution in [0.5, 0.6) is 11.5 Å². The molecule has 10 nitrogen and oxygen atoms in total. The second kappa shape index (κ2) is 15.6. The SMILES string of the molecule is CCN(C)SC(=Nc1ccc(OC)cc1C(C)C)NC(=O)NCCc1ccc(-c2ncn(-c3ccc(OC(F)(F)F)cc3)n2)cc1. The van der Waals surface area contributed by atoms with Gasteiger partial charge in [0, 0.05) is 18.7 Å². The van der Waals surface area contributed by atoms with Crippen LogP contribution in [-0.4, -0.2) is 63.9 Å². The number of benzene rings is 3. The number of alkyl halides is 3. The van der Waals surface area contributed by atoms with Crippen LogP contribution in [0.1, 0.15) is 37.8 Å². The average Bonchev–Trinajstić information content (AvgIpc) is 3.51. The van der Waals surface area contributed by atoms with E-state index in [-0.39, 0.29) is 17.7 Å². The fourth-order valence-electron chi connectivity index (χ4n) is 4.22. The molecule has 2 amide bonds. The van der Waals surface area contributed by atoms with Crippen molar-refractivity contribution in [2.45, 2.75) is 39.5 Å². The normalized spacial score (nSPS) is 12.0. The van der Waals surface area contributed by atoms with Crippen LogP contribution in [0.4, 0.5) is 23.7 Å². The Bertz CT molecular complexity index is 1630. The van der Waals surface area contributed by atoms with E-state index in [9.17, 15) is 18.0 Å². The number of halogens is 3. The van der Waals surface area contributed by atoms with Gasteiger partial charge in [-0.2, -0.15) is 0 Å². The molecule has 1 aromatic heterocycles. The zero-order chi connectivity index (χ0) is 33.3. The molecule has 0 aliphatic rings. The summed E-state index contributed by atoms with van der Waals surface area (Å²) >= 11 is 1.35. The lowest BCUT2D eigenvalue weighted by Gasteiger charge is -2.17. The van der Waals surface area contributed by atoms with Crippen molar-refractivity contribution in [3.05, 3.63) is 84.2 Å². The van der Waals surface area contributed by atoms with Crippen LogP contribution in [0, 0.1) is 0 Å². The van der Waals surface area contributed by atoms with E-state index in [2.05, 4.69) is 39.3 Å². The highest BCUT2D eigenvalue weighted by atomic mass is 32.2. The van der Waals surface area contributed by atoms with Gasteiger partial charge in [0.1, 0.15) is 17.8 Å². The van der Waals surface area contributed by atoms with Gasteiger partial charge in [0.2, 0.25) is 0 Å². The summed E-state index contributed by atoms with van der Waals surface area (Å²) in [5.41, 5.74) is 4.07. The predicted octanol–water partition coefficient (Wildman–Crippen LogP) is 7.09. The van der Waals surface area contributed by atoms with Crippen LogP contribution in [0.3, 0.4) is 0 Å². The summed E-state index contributed by atoms with van der Waals surface area (Å²) in [5, 5.41) is 10.7. The number of carbonyl (C=O) groups excluding carboxylic acids is 1. The highest BCUT2D eigenvalue weighted by Gasteiger charge is 2.31. The molecule has 0 aliphatic carbocycles. The molecule has 46 heavy (non-hydrogen) atoms. The average molecular weight is 656 g/mol. The van der Waals surface area contributed by atoms with Crippen molar-refractivity contribution in [1.82, 2.24) is 29.7 Å². The Labute approximate surface area is 270 Å². The van der Waals surface area contributed by atoms with Crippen LogP contribution in [0.2, 0.25) is 0 Å². The van der Waals surface area contributed by atoms with Crippen molar-refractivity contribution in [2.75, 3.05) is 27.2 Å². The number of methoxy groups -OCH3 is 1. The first kappa shape index (κ1) is 34.3. The third kappa shape index (κ3) is 9.97. The van der Waals surface area contributed by atoms with E-state index in [0.29, 0.717) is 29.6 Å². The Kier molecular flexibility index (Phi) is 11.7. The van der Waals surface area contributed by atoms with Gasteiger partial charge < -0.3 is 14.8 Å². The maximum atomic E-state index is 12.8. The molecule has 2 N–H and O–H groups in total. The molecule has 4 aromatic rings. The van der Waals surface area contributed by atoms with E-state index in [1.165, 1.54) is 47.2 Å². The van der Waals surface area contributed by atoms with Crippen LogP contribution >= 0.6 is 11.9 Å². The maximum absolute atomic E-state index is 12.8. The lowest BCUT2D eigenvalue weighted by molar-refractivity contribution is -0.274. The molecule has 0 saturated heterocycles. The minimum atomic E-state index is -4.75. The summed E-state index contributed by atoms with van der Waals surface area (Å²) in [4.78, 5) is 21.9. The van der Waals surface area contributed by atoms with Crippen molar-refractivity contribution >= 4 is 28.8 Å². The number of hydrogen-bond donors (Lipinski definition) is 2. The molecule has 0 aliphatic heterocycles. The number of nitrogens with one attached hydrogen (secondary N) is 2. The highest BCUT2D eigenvalue weighted by Crippen LogP contribution is 2.31. The van der Waals surface area contributed by atoms with Crippen LogP contribution in [0.25, 0.3) is 17.1 Å². The molecule has 3 aromatic carbocycles. The van der Waals surface area contributed by atoms with Crippen molar-refractivity contribution in [3.63, 3.8) is 0 Å². The largest absolute Gasteiger partial charge is 0.573 e. The Morgan fingerprint density at radius 3 is 2.39 bits per heavy atom. The number of rotatable bonds is 11. The molecule has 0 saturated carbocycles. The summed E-state index contributed by atoms with van der Waals surface area (Å²) in [7, 11) is 3.55. The molecule has 4 rings (SSSR count). The minimum absolute atomic E-state index is 0.207. The molecule has 0 spiro atoms. The summed E-state index contributed by atoms with van der Waals surface area (Å²) in [5.74, 6) is 1.10. The van der Waals surface area contributed by atoms with Gasteiger partial charge in [-0.1, -0.05) is 45.0 Å². The molecule has 14 heteroatoms. The van der Waals surface area contributed by atoms with E-state index in [0.717, 1.165) is 34.7 Å². The first-order valence-corrected chi connectivity index (χ1v) is 15.3. The van der Waals surface area contributed by atoms with Gasteiger partial charge in [-0.3, -0.25) is 5.32 Å². The standard InChI is InChI=1S/C32H36F3N7O3S/c1-6-41(4)46-31(38-28-16-15-26(44-5)19-27(28)21(2)3)39-30(43)36-18-17-22-7-9-23(10-8-22)29-37-20-42(40-29)24-11-13-25(14-12-24)45-32(33,34)35/h7-16,19-21H,6,17-18H2,1-5H3,(H2,36,38,39,43). The maximum Gasteiger partial charge on any atom is 0.573 e. The lowest BCUT2D eigenvalue weighted by atomic mass is 10.0. The number of aromatic nitrogens is 3. The molecule has 0 bridgehead atoms. The molecular weight excluding hydrogens is 619 g/mol. The second-order valence-electron chi connectivity index (χ2n) is 10.4. The number of carbonyl (C=O) groups is 1. The molecule has 0 unspecified atom stereocenters. The fourth-order valence-corrected chi connectivity index (χ4v) is 4.92. The van der Waals surface area contributed by atoms with E-state index < -0.39 is 6.36 Å². The topological polar surface area (TPSA) is 106 Å². The number of aliphatic imine (C=N–C) groups is 1. The van der Waals surface area contributed by atoms with Crippen molar-refractivity contribution in [3.8, 4) is 28.6 Å². The van der Waals surface area contributed by atoms with Gasteiger partial charge in [0.05, 0.1) is 18.5 Å². The van der Waals surface area contributed by atoms with E-state index in [4.69, 9.17) is 9.73 Å². The lowest BCUT2D eigenvalue weighted by Crippen LogP contribution is -2.40. The summed E-state index contributed by atoms with van der Waals surface area (Å²) in [6.45, 7) is 7.33.